The number of fused-ring (bicyclic) bond motifs is 1. The molecule has 2 rings (SSSR count). The minimum Gasteiger partial charge on any atom is -0.353 e. The van der Waals surface area contributed by atoms with Crippen molar-refractivity contribution < 1.29 is 9.59 Å². The van der Waals surface area contributed by atoms with E-state index >= 15 is 0 Å². The van der Waals surface area contributed by atoms with Gasteiger partial charge in [0.2, 0.25) is 11.8 Å². The van der Waals surface area contributed by atoms with Gasteiger partial charge in [0.05, 0.1) is 24.3 Å². The second-order valence-corrected chi connectivity index (χ2v) is 5.95. The molecule has 0 unspecified atom stereocenters. The van der Waals surface area contributed by atoms with Crippen LogP contribution in [-0.4, -0.2) is 47.4 Å². The third kappa shape index (κ3) is 5.03. The number of benzene rings is 1. The Balaban J connectivity index is 1.99. The van der Waals surface area contributed by atoms with Gasteiger partial charge in [0.1, 0.15) is 0 Å². The van der Waals surface area contributed by atoms with E-state index in [0.29, 0.717) is 6.54 Å². The first-order chi connectivity index (χ1) is 11.5. The summed E-state index contributed by atoms with van der Waals surface area (Å²) in [5.74, 6) is -0.223. The number of carbonyl (C=O) groups is 2. The average Bonchev–Trinajstić information content (AvgIpc) is 2.53. The van der Waals surface area contributed by atoms with Gasteiger partial charge in [0, 0.05) is 17.6 Å². The zero-order valence-electron chi connectivity index (χ0n) is 14.4. The molecule has 0 aliphatic rings. The van der Waals surface area contributed by atoms with Crippen LogP contribution in [0, 0.1) is 0 Å². The molecule has 1 heterocycles. The van der Waals surface area contributed by atoms with Crippen molar-refractivity contribution in [1.82, 2.24) is 15.2 Å². The smallest absolute Gasteiger partial charge is 0.238 e. The number of nitrogens with one attached hydrogen (secondary N) is 2. The molecule has 0 saturated carbocycles. The molecular weight excluding hydrogens is 304 g/mol. The van der Waals surface area contributed by atoms with Gasteiger partial charge in [-0.3, -0.25) is 19.5 Å². The number of likely N-dealkylation sites (N-methyl/N-ethyl adjacent to an activating group) is 1. The molecule has 0 bridgehead atoms. The lowest BCUT2D eigenvalue weighted by Crippen LogP contribution is -2.42. The number of amides is 2. The number of aromatic nitrogens is 1. The highest BCUT2D eigenvalue weighted by molar-refractivity contribution is 6.01. The van der Waals surface area contributed by atoms with E-state index in [2.05, 4.69) is 15.6 Å². The van der Waals surface area contributed by atoms with Crippen molar-refractivity contribution in [3.63, 3.8) is 0 Å². The zero-order chi connectivity index (χ0) is 17.5. The van der Waals surface area contributed by atoms with E-state index in [1.807, 2.05) is 51.1 Å². The lowest BCUT2D eigenvalue weighted by molar-refractivity contribution is -0.123. The molecule has 128 valence electrons. The predicted molar refractivity (Wildman–Crippen MR) is 95.8 cm³/mol. The first-order valence-electron chi connectivity index (χ1n) is 8.15. The molecule has 6 nitrogen and oxygen atoms in total. The molecule has 2 N–H and O–H groups in total. The minimum atomic E-state index is -0.148. The Bertz CT molecular complexity index is 710. The highest BCUT2D eigenvalue weighted by Crippen LogP contribution is 2.21. The van der Waals surface area contributed by atoms with Gasteiger partial charge in [-0.2, -0.15) is 0 Å². The van der Waals surface area contributed by atoms with E-state index in [9.17, 15) is 9.59 Å². The van der Waals surface area contributed by atoms with E-state index < -0.39 is 0 Å². The highest BCUT2D eigenvalue weighted by atomic mass is 16.2. The van der Waals surface area contributed by atoms with Crippen LogP contribution in [0.15, 0.2) is 36.5 Å². The molecule has 2 aromatic rings. The summed E-state index contributed by atoms with van der Waals surface area (Å²) in [5, 5.41) is 6.64. The van der Waals surface area contributed by atoms with Gasteiger partial charge >= 0.3 is 0 Å². The molecule has 0 atom stereocenters. The number of pyridine rings is 1. The number of anilines is 1. The van der Waals surface area contributed by atoms with E-state index in [-0.39, 0.29) is 30.9 Å². The standard InChI is InChI=1S/C18H24N4O2/c1-4-22(11-17(23)20-13(2)3)12-18(24)21-16-9-5-8-15-14(16)7-6-10-19-15/h5-10,13H,4,11-12H2,1-3H3,(H,20,23)(H,21,24). The summed E-state index contributed by atoms with van der Waals surface area (Å²) in [6, 6.07) is 9.47. The molecule has 1 aromatic heterocycles. The van der Waals surface area contributed by atoms with Crippen molar-refractivity contribution >= 4 is 28.4 Å². The van der Waals surface area contributed by atoms with E-state index in [4.69, 9.17) is 0 Å². The monoisotopic (exact) mass is 328 g/mol. The van der Waals surface area contributed by atoms with Crippen molar-refractivity contribution in [1.29, 1.82) is 0 Å². The third-order valence-corrected chi connectivity index (χ3v) is 3.55. The summed E-state index contributed by atoms with van der Waals surface area (Å²) in [6.45, 7) is 6.75. The van der Waals surface area contributed by atoms with Crippen LogP contribution in [0.5, 0.6) is 0 Å². The van der Waals surface area contributed by atoms with E-state index in [1.54, 1.807) is 11.1 Å². The van der Waals surface area contributed by atoms with Gasteiger partial charge in [-0.15, -0.1) is 0 Å². The van der Waals surface area contributed by atoms with E-state index in [1.165, 1.54) is 0 Å². The molecule has 6 heteroatoms. The molecule has 0 radical (unpaired) electrons. The number of rotatable bonds is 7. The van der Waals surface area contributed by atoms with Crippen LogP contribution in [0.25, 0.3) is 10.9 Å². The fourth-order valence-corrected chi connectivity index (χ4v) is 2.46. The zero-order valence-corrected chi connectivity index (χ0v) is 14.4. The summed E-state index contributed by atoms with van der Waals surface area (Å²) >= 11 is 0. The van der Waals surface area contributed by atoms with Gasteiger partial charge in [-0.1, -0.05) is 13.0 Å². The Labute approximate surface area is 142 Å². The van der Waals surface area contributed by atoms with E-state index in [0.717, 1.165) is 16.6 Å². The normalized spacial score (nSPS) is 11.0. The first kappa shape index (κ1) is 17.9. The fraction of sp³-hybridized carbons (Fsp3) is 0.389. The lowest BCUT2D eigenvalue weighted by Gasteiger charge is -2.20. The maximum absolute atomic E-state index is 12.3. The Kier molecular flexibility index (Phi) is 6.26. The second kappa shape index (κ2) is 8.40. The minimum absolute atomic E-state index is 0.0750. The average molecular weight is 328 g/mol. The summed E-state index contributed by atoms with van der Waals surface area (Å²) in [5.41, 5.74) is 1.56. The number of carbonyl (C=O) groups excluding carboxylic acids is 2. The van der Waals surface area contributed by atoms with Gasteiger partial charge in [0.15, 0.2) is 0 Å². The predicted octanol–water partition coefficient (Wildman–Crippen LogP) is 2.02. The third-order valence-electron chi connectivity index (χ3n) is 3.55. The Morgan fingerprint density at radius 1 is 1.12 bits per heavy atom. The molecule has 0 saturated heterocycles. The first-order valence-corrected chi connectivity index (χ1v) is 8.15. The summed E-state index contributed by atoms with van der Waals surface area (Å²) < 4.78 is 0. The molecule has 1 aromatic carbocycles. The maximum Gasteiger partial charge on any atom is 0.238 e. The molecule has 24 heavy (non-hydrogen) atoms. The van der Waals surface area contributed by atoms with Crippen LogP contribution in [0.3, 0.4) is 0 Å². The van der Waals surface area contributed by atoms with Gasteiger partial charge < -0.3 is 10.6 Å². The Morgan fingerprint density at radius 3 is 2.58 bits per heavy atom. The molecule has 0 aliphatic carbocycles. The SMILES string of the molecule is CCN(CC(=O)Nc1cccc2ncccc12)CC(=O)NC(C)C. The van der Waals surface area contributed by atoms with Crippen molar-refractivity contribution in [3.05, 3.63) is 36.5 Å². The molecular formula is C18H24N4O2. The number of hydrogen-bond acceptors (Lipinski definition) is 4. The molecule has 2 amide bonds. The van der Waals surface area contributed by atoms with Crippen molar-refractivity contribution in [2.45, 2.75) is 26.8 Å². The molecule has 0 spiro atoms. The quantitative estimate of drug-likeness (QED) is 0.815. The number of nitrogens with zero attached hydrogens (tertiary/aromatic N) is 2. The maximum atomic E-state index is 12.3. The van der Waals surface area contributed by atoms with Crippen LogP contribution < -0.4 is 10.6 Å². The van der Waals surface area contributed by atoms with Crippen LogP contribution in [0.4, 0.5) is 5.69 Å². The van der Waals surface area contributed by atoms with Crippen LogP contribution >= 0.6 is 0 Å². The van der Waals surface area contributed by atoms with Crippen molar-refractivity contribution in [2.75, 3.05) is 25.0 Å². The lowest BCUT2D eigenvalue weighted by atomic mass is 10.2. The topological polar surface area (TPSA) is 74.3 Å². The van der Waals surface area contributed by atoms with Crippen LogP contribution in [0.1, 0.15) is 20.8 Å². The van der Waals surface area contributed by atoms with Crippen molar-refractivity contribution in [3.8, 4) is 0 Å². The largest absolute Gasteiger partial charge is 0.353 e. The van der Waals surface area contributed by atoms with Gasteiger partial charge in [-0.05, 0) is 44.7 Å². The van der Waals surface area contributed by atoms with Crippen molar-refractivity contribution in [2.24, 2.45) is 0 Å². The molecule has 0 fully saturated rings. The second-order valence-electron chi connectivity index (χ2n) is 5.95. The summed E-state index contributed by atoms with van der Waals surface area (Å²) in [4.78, 5) is 30.2. The molecule has 0 aliphatic heterocycles. The van der Waals surface area contributed by atoms with Crippen LogP contribution in [-0.2, 0) is 9.59 Å². The van der Waals surface area contributed by atoms with Crippen LogP contribution in [0.2, 0.25) is 0 Å². The summed E-state index contributed by atoms with van der Waals surface area (Å²) in [6.07, 6.45) is 1.72. The fourth-order valence-electron chi connectivity index (χ4n) is 2.46. The van der Waals surface area contributed by atoms with Gasteiger partial charge in [0.25, 0.3) is 0 Å². The summed E-state index contributed by atoms with van der Waals surface area (Å²) in [7, 11) is 0. The number of hydrogen-bond donors (Lipinski definition) is 2. The Hall–Kier alpha value is -2.47. The Morgan fingerprint density at radius 2 is 1.88 bits per heavy atom. The van der Waals surface area contributed by atoms with Gasteiger partial charge in [-0.25, -0.2) is 0 Å². The highest BCUT2D eigenvalue weighted by Gasteiger charge is 2.14.